The van der Waals surface area contributed by atoms with Gasteiger partial charge in [-0.15, -0.1) is 0 Å². The van der Waals surface area contributed by atoms with Crippen LogP contribution in [0.15, 0.2) is 23.1 Å². The zero-order valence-corrected chi connectivity index (χ0v) is 8.47. The molecule has 0 radical (unpaired) electrons. The molecule has 0 aromatic rings. The minimum Gasteiger partial charge on any atom is -0.511 e. The Hall–Kier alpha value is -1.01. The molecule has 2 rings (SSSR count). The van der Waals surface area contributed by atoms with E-state index in [0.717, 1.165) is 0 Å². The summed E-state index contributed by atoms with van der Waals surface area (Å²) < 4.78 is 22.3. The van der Waals surface area contributed by atoms with Crippen LogP contribution in [0.3, 0.4) is 0 Å². The van der Waals surface area contributed by atoms with Gasteiger partial charge in [0.05, 0.1) is 5.70 Å². The first-order chi connectivity index (χ1) is 6.43. The van der Waals surface area contributed by atoms with E-state index in [1.54, 1.807) is 6.08 Å². The maximum atomic E-state index is 11.3. The average molecular weight is 236 g/mol. The minimum atomic E-state index is -4.07. The van der Waals surface area contributed by atoms with Gasteiger partial charge in [-0.3, -0.25) is 4.79 Å². The molecule has 1 amide bonds. The Morgan fingerprint density at radius 2 is 2.14 bits per heavy atom. The Morgan fingerprint density at radius 1 is 1.50 bits per heavy atom. The quantitative estimate of drug-likeness (QED) is 0.539. The molecule has 0 aromatic carbocycles. The summed E-state index contributed by atoms with van der Waals surface area (Å²) in [4.78, 5) is 11.3. The van der Waals surface area contributed by atoms with Crippen molar-refractivity contribution in [1.29, 1.82) is 0 Å². The smallest absolute Gasteiger partial charge is 0.328 e. The van der Waals surface area contributed by atoms with Crippen LogP contribution in [-0.4, -0.2) is 23.7 Å². The SMILES string of the molecule is O=C1C2=C(O)CCC=C2N1S(=O)(=O)Cl. The monoisotopic (exact) mass is 235 g/mol. The number of amides is 1. The molecule has 1 fully saturated rings. The molecule has 1 heterocycles. The molecule has 7 heteroatoms. The van der Waals surface area contributed by atoms with Gasteiger partial charge in [-0.05, 0) is 6.42 Å². The second kappa shape index (κ2) is 2.74. The number of carbonyl (C=O) groups excluding carboxylic acids is 1. The molecule has 0 bridgehead atoms. The molecule has 0 unspecified atom stereocenters. The Morgan fingerprint density at radius 3 is 2.71 bits per heavy atom. The second-order valence-corrected chi connectivity index (χ2v) is 5.32. The number of halogens is 1. The third kappa shape index (κ3) is 1.14. The maximum absolute atomic E-state index is 11.3. The van der Waals surface area contributed by atoms with Crippen LogP contribution in [0.25, 0.3) is 0 Å². The largest absolute Gasteiger partial charge is 0.511 e. The lowest BCUT2D eigenvalue weighted by Gasteiger charge is -2.35. The van der Waals surface area contributed by atoms with Crippen LogP contribution >= 0.6 is 10.7 Å². The summed E-state index contributed by atoms with van der Waals surface area (Å²) >= 11 is 0. The number of allylic oxidation sites excluding steroid dienone is 2. The summed E-state index contributed by atoms with van der Waals surface area (Å²) in [5, 5.41) is 9.31. The lowest BCUT2D eigenvalue weighted by Crippen LogP contribution is -2.47. The summed E-state index contributed by atoms with van der Waals surface area (Å²) in [5.41, 5.74) is 0.259. The number of nitrogens with zero attached hydrogens (tertiary/aromatic N) is 1. The number of β-lactam (4-membered cyclic amide) rings is 1. The molecular formula is C7H6ClNO4S. The number of aliphatic hydroxyl groups excluding tert-OH is 1. The fraction of sp³-hybridized carbons (Fsp3) is 0.286. The highest BCUT2D eigenvalue weighted by atomic mass is 35.7. The summed E-state index contributed by atoms with van der Waals surface area (Å²) in [5.74, 6) is -0.826. The van der Waals surface area contributed by atoms with Crippen LogP contribution in [0.4, 0.5) is 0 Å². The summed E-state index contributed by atoms with van der Waals surface area (Å²) in [6, 6.07) is 0. The minimum absolute atomic E-state index is 0.0657. The fourth-order valence-electron chi connectivity index (χ4n) is 1.51. The number of fused-ring (bicyclic) bond motifs is 1. The second-order valence-electron chi connectivity index (χ2n) is 2.96. The first-order valence-electron chi connectivity index (χ1n) is 3.85. The molecule has 14 heavy (non-hydrogen) atoms. The number of hydrogen-bond acceptors (Lipinski definition) is 4. The van der Waals surface area contributed by atoms with E-state index in [-0.39, 0.29) is 17.0 Å². The Bertz CT molecular complexity index is 476. The molecule has 0 saturated carbocycles. The van der Waals surface area contributed by atoms with Gasteiger partial charge >= 0.3 is 9.24 Å². The lowest BCUT2D eigenvalue weighted by atomic mass is 9.95. The van der Waals surface area contributed by atoms with Crippen molar-refractivity contribution in [3.63, 3.8) is 0 Å². The maximum Gasteiger partial charge on any atom is 0.328 e. The summed E-state index contributed by atoms with van der Waals surface area (Å²) in [6.45, 7) is 0. The van der Waals surface area contributed by atoms with Crippen molar-refractivity contribution in [1.82, 2.24) is 4.31 Å². The number of hydrogen-bond donors (Lipinski definition) is 1. The van der Waals surface area contributed by atoms with Gasteiger partial charge in [-0.1, -0.05) is 6.08 Å². The predicted octanol–water partition coefficient (Wildman–Crippen LogP) is 0.802. The topological polar surface area (TPSA) is 74.7 Å². The van der Waals surface area contributed by atoms with E-state index < -0.39 is 15.1 Å². The van der Waals surface area contributed by atoms with Gasteiger partial charge in [-0.2, -0.15) is 12.7 Å². The van der Waals surface area contributed by atoms with Crippen LogP contribution in [0.5, 0.6) is 0 Å². The van der Waals surface area contributed by atoms with E-state index in [0.29, 0.717) is 17.1 Å². The van der Waals surface area contributed by atoms with Gasteiger partial charge in [-0.25, -0.2) is 0 Å². The van der Waals surface area contributed by atoms with E-state index in [2.05, 4.69) is 0 Å². The van der Waals surface area contributed by atoms with E-state index in [9.17, 15) is 18.3 Å². The molecule has 0 atom stereocenters. The van der Waals surface area contributed by atoms with Crippen LogP contribution < -0.4 is 0 Å². The van der Waals surface area contributed by atoms with Crippen LogP contribution in [0.1, 0.15) is 12.8 Å². The summed E-state index contributed by atoms with van der Waals surface area (Å²) in [6.07, 6.45) is 2.43. The zero-order valence-electron chi connectivity index (χ0n) is 6.90. The third-order valence-corrected chi connectivity index (χ3v) is 3.31. The molecular weight excluding hydrogens is 230 g/mol. The van der Waals surface area contributed by atoms with Gasteiger partial charge in [0.15, 0.2) is 0 Å². The van der Waals surface area contributed by atoms with Crippen molar-refractivity contribution in [2.24, 2.45) is 0 Å². The molecule has 1 aliphatic heterocycles. The van der Waals surface area contributed by atoms with Gasteiger partial charge < -0.3 is 5.11 Å². The number of rotatable bonds is 1. The molecule has 0 spiro atoms. The number of carbonyl (C=O) groups is 1. The van der Waals surface area contributed by atoms with E-state index in [4.69, 9.17) is 10.7 Å². The molecule has 1 saturated heterocycles. The first kappa shape index (κ1) is 9.54. The normalized spacial score (nSPS) is 21.6. The highest BCUT2D eigenvalue weighted by molar-refractivity contribution is 8.12. The van der Waals surface area contributed by atoms with Crippen LogP contribution in [-0.2, 0) is 14.0 Å². The van der Waals surface area contributed by atoms with Gasteiger partial charge in [0.2, 0.25) is 0 Å². The Labute approximate surface area is 84.8 Å². The van der Waals surface area contributed by atoms with Crippen LogP contribution in [0.2, 0.25) is 0 Å². The average Bonchev–Trinajstić information content (AvgIpc) is 1.99. The molecule has 1 aliphatic carbocycles. The van der Waals surface area contributed by atoms with Crippen molar-refractivity contribution < 1.29 is 18.3 Å². The highest BCUT2D eigenvalue weighted by Crippen LogP contribution is 2.39. The van der Waals surface area contributed by atoms with Gasteiger partial charge in [0.1, 0.15) is 11.3 Å². The molecule has 0 aromatic heterocycles. The third-order valence-electron chi connectivity index (χ3n) is 2.10. The van der Waals surface area contributed by atoms with Crippen molar-refractivity contribution in [3.05, 3.63) is 23.1 Å². The van der Waals surface area contributed by atoms with Crippen molar-refractivity contribution in [3.8, 4) is 0 Å². The molecule has 76 valence electrons. The van der Waals surface area contributed by atoms with Gasteiger partial charge in [0, 0.05) is 17.1 Å². The molecule has 1 N–H and O–H groups in total. The van der Waals surface area contributed by atoms with E-state index >= 15 is 0 Å². The standard InChI is InChI=1S/C7H6ClNO4S/c8-14(12,13)9-4-2-1-3-5(10)6(4)7(9)11/h2,10H,1,3H2. The molecule has 5 nitrogen and oxygen atoms in total. The lowest BCUT2D eigenvalue weighted by molar-refractivity contribution is -0.124. The number of aliphatic hydroxyl groups is 1. The predicted molar refractivity (Wildman–Crippen MR) is 48.6 cm³/mol. The van der Waals surface area contributed by atoms with Crippen LogP contribution in [0, 0.1) is 0 Å². The Balaban J connectivity index is 2.48. The first-order valence-corrected chi connectivity index (χ1v) is 6.11. The van der Waals surface area contributed by atoms with Crippen molar-refractivity contribution in [2.75, 3.05) is 0 Å². The fourth-order valence-corrected chi connectivity index (χ4v) is 2.61. The summed E-state index contributed by atoms with van der Waals surface area (Å²) in [7, 11) is 0.963. The van der Waals surface area contributed by atoms with Crippen molar-refractivity contribution in [2.45, 2.75) is 12.8 Å². The highest BCUT2D eigenvalue weighted by Gasteiger charge is 2.47. The van der Waals surface area contributed by atoms with Gasteiger partial charge in [0.25, 0.3) is 5.91 Å². The Kier molecular flexibility index (Phi) is 1.87. The van der Waals surface area contributed by atoms with E-state index in [1.165, 1.54) is 0 Å². The zero-order chi connectivity index (χ0) is 10.5. The van der Waals surface area contributed by atoms with E-state index in [1.807, 2.05) is 0 Å². The molecule has 2 aliphatic rings. The van der Waals surface area contributed by atoms with Crippen molar-refractivity contribution >= 4 is 25.8 Å².